The zero-order valence-corrected chi connectivity index (χ0v) is 15.3. The summed E-state index contributed by atoms with van der Waals surface area (Å²) < 4.78 is 5.47. The van der Waals surface area contributed by atoms with E-state index in [1.54, 1.807) is 11.1 Å². The molecule has 1 aliphatic heterocycles. The van der Waals surface area contributed by atoms with Crippen LogP contribution in [-0.4, -0.2) is 33.2 Å². The van der Waals surface area contributed by atoms with Gasteiger partial charge in [-0.2, -0.15) is 0 Å². The smallest absolute Gasteiger partial charge is 0.303 e. The molecule has 1 saturated heterocycles. The lowest BCUT2D eigenvalue weighted by Gasteiger charge is -2.36. The SMILES string of the molecule is CC(=O)OC1C[C@@H]2CCN(C(=O)c3ccc([N+](=O)[O-])cc3)[C@@H]2c2cccnc21. The zero-order valence-electron chi connectivity index (χ0n) is 15.3. The molecule has 144 valence electrons. The van der Waals surface area contributed by atoms with Crippen molar-refractivity contribution in [2.75, 3.05) is 6.54 Å². The first kappa shape index (κ1) is 18.1. The molecule has 1 unspecified atom stereocenters. The van der Waals surface area contributed by atoms with Gasteiger partial charge >= 0.3 is 5.97 Å². The summed E-state index contributed by atoms with van der Waals surface area (Å²) >= 11 is 0. The number of ether oxygens (including phenoxy) is 1. The number of fused-ring (bicyclic) bond motifs is 3. The standard InChI is InChI=1S/C20H19N3O5/c1-12(24)28-17-11-14-8-10-22(19(14)16-3-2-9-21-18(16)17)20(25)13-4-6-15(7-5-13)23(26)27/h2-7,9,14,17,19H,8,10-11H2,1H3/t14-,17?,19-/m0/s1. The number of esters is 1. The molecule has 8 nitrogen and oxygen atoms in total. The summed E-state index contributed by atoms with van der Waals surface area (Å²) in [5.41, 5.74) is 1.96. The molecule has 4 rings (SSSR count). The lowest BCUT2D eigenvalue weighted by Crippen LogP contribution is -2.35. The van der Waals surface area contributed by atoms with Gasteiger partial charge in [0.1, 0.15) is 6.10 Å². The van der Waals surface area contributed by atoms with Crippen molar-refractivity contribution < 1.29 is 19.2 Å². The van der Waals surface area contributed by atoms with Crippen molar-refractivity contribution in [1.29, 1.82) is 0 Å². The Bertz CT molecular complexity index is 943. The Morgan fingerprint density at radius 3 is 2.68 bits per heavy atom. The van der Waals surface area contributed by atoms with E-state index in [2.05, 4.69) is 4.98 Å². The summed E-state index contributed by atoms with van der Waals surface area (Å²) in [6.45, 7) is 1.96. The molecule has 1 fully saturated rings. The summed E-state index contributed by atoms with van der Waals surface area (Å²) in [4.78, 5) is 41.2. The number of hydrogen-bond donors (Lipinski definition) is 0. The number of aromatic nitrogens is 1. The highest BCUT2D eigenvalue weighted by Crippen LogP contribution is 2.49. The van der Waals surface area contributed by atoms with E-state index in [1.165, 1.54) is 31.2 Å². The highest BCUT2D eigenvalue weighted by Gasteiger charge is 2.45. The number of pyridine rings is 1. The van der Waals surface area contributed by atoms with Gasteiger partial charge in [-0.15, -0.1) is 0 Å². The van der Waals surface area contributed by atoms with Crippen molar-refractivity contribution in [3.63, 3.8) is 0 Å². The molecule has 2 heterocycles. The van der Waals surface area contributed by atoms with E-state index in [-0.39, 0.29) is 29.5 Å². The van der Waals surface area contributed by atoms with Crippen molar-refractivity contribution in [2.24, 2.45) is 5.92 Å². The largest absolute Gasteiger partial charge is 0.456 e. The Labute approximate surface area is 161 Å². The molecule has 0 bridgehead atoms. The summed E-state index contributed by atoms with van der Waals surface area (Å²) in [6.07, 6.45) is 2.69. The Morgan fingerprint density at radius 2 is 2.00 bits per heavy atom. The van der Waals surface area contributed by atoms with Gasteiger partial charge in [0.05, 0.1) is 16.7 Å². The Balaban J connectivity index is 1.65. The molecule has 0 N–H and O–H groups in total. The molecule has 0 radical (unpaired) electrons. The van der Waals surface area contributed by atoms with Crippen LogP contribution < -0.4 is 0 Å². The minimum atomic E-state index is -0.488. The number of hydrogen-bond acceptors (Lipinski definition) is 6. The Morgan fingerprint density at radius 1 is 1.25 bits per heavy atom. The lowest BCUT2D eigenvalue weighted by atomic mass is 9.80. The second-order valence-electron chi connectivity index (χ2n) is 7.11. The number of nitro benzene ring substituents is 1. The molecular formula is C20H19N3O5. The van der Waals surface area contributed by atoms with Gasteiger partial charge in [-0.25, -0.2) is 0 Å². The van der Waals surface area contributed by atoms with Crippen molar-refractivity contribution in [3.8, 4) is 0 Å². The van der Waals surface area contributed by atoms with Gasteiger partial charge in [0.15, 0.2) is 0 Å². The maximum absolute atomic E-state index is 13.1. The van der Waals surface area contributed by atoms with Crippen LogP contribution in [0.1, 0.15) is 53.5 Å². The maximum Gasteiger partial charge on any atom is 0.303 e. The molecule has 8 heteroatoms. The minimum Gasteiger partial charge on any atom is -0.456 e. The first-order valence-electron chi connectivity index (χ1n) is 9.13. The van der Waals surface area contributed by atoms with Crippen molar-refractivity contribution in [2.45, 2.75) is 31.9 Å². The molecule has 3 atom stereocenters. The first-order valence-corrected chi connectivity index (χ1v) is 9.13. The fourth-order valence-corrected chi connectivity index (χ4v) is 4.28. The highest BCUT2D eigenvalue weighted by molar-refractivity contribution is 5.95. The van der Waals surface area contributed by atoms with E-state index < -0.39 is 11.0 Å². The monoisotopic (exact) mass is 381 g/mol. The Kier molecular flexibility index (Phi) is 4.54. The van der Waals surface area contributed by atoms with Crippen LogP contribution in [0.4, 0.5) is 5.69 Å². The second kappa shape index (κ2) is 7.03. The van der Waals surface area contributed by atoms with E-state index in [0.717, 1.165) is 12.0 Å². The van der Waals surface area contributed by atoms with Gasteiger partial charge in [0, 0.05) is 42.9 Å². The van der Waals surface area contributed by atoms with Gasteiger partial charge in [-0.1, -0.05) is 6.07 Å². The summed E-state index contributed by atoms with van der Waals surface area (Å²) in [5.74, 6) is -0.344. The molecule has 0 spiro atoms. The summed E-state index contributed by atoms with van der Waals surface area (Å²) in [7, 11) is 0. The van der Waals surface area contributed by atoms with Crippen LogP contribution in [0.2, 0.25) is 0 Å². The van der Waals surface area contributed by atoms with Gasteiger partial charge in [-0.3, -0.25) is 24.7 Å². The number of nitrogens with zero attached hydrogens (tertiary/aromatic N) is 3. The quantitative estimate of drug-likeness (QED) is 0.459. The van der Waals surface area contributed by atoms with E-state index in [0.29, 0.717) is 24.2 Å². The van der Waals surface area contributed by atoms with Gasteiger partial charge in [0.25, 0.3) is 11.6 Å². The van der Waals surface area contributed by atoms with Crippen molar-refractivity contribution >= 4 is 17.6 Å². The fourth-order valence-electron chi connectivity index (χ4n) is 4.28. The van der Waals surface area contributed by atoms with Crippen LogP contribution in [0.3, 0.4) is 0 Å². The van der Waals surface area contributed by atoms with Crippen LogP contribution in [0.15, 0.2) is 42.6 Å². The fraction of sp³-hybridized carbons (Fsp3) is 0.350. The molecule has 1 aliphatic carbocycles. The third-order valence-corrected chi connectivity index (χ3v) is 5.43. The van der Waals surface area contributed by atoms with Crippen molar-refractivity contribution in [1.82, 2.24) is 9.88 Å². The van der Waals surface area contributed by atoms with Crippen LogP contribution in [0.25, 0.3) is 0 Å². The zero-order chi connectivity index (χ0) is 19.8. The van der Waals surface area contributed by atoms with E-state index in [4.69, 9.17) is 4.74 Å². The van der Waals surface area contributed by atoms with Crippen LogP contribution in [0, 0.1) is 16.0 Å². The van der Waals surface area contributed by atoms with Gasteiger partial charge in [-0.05, 0) is 37.0 Å². The highest BCUT2D eigenvalue weighted by atomic mass is 16.6. The van der Waals surface area contributed by atoms with Crippen LogP contribution in [0.5, 0.6) is 0 Å². The van der Waals surface area contributed by atoms with Gasteiger partial charge < -0.3 is 9.64 Å². The number of rotatable bonds is 3. The normalized spacial score (nSPS) is 22.9. The predicted octanol–water partition coefficient (Wildman–Crippen LogP) is 3.20. The summed E-state index contributed by atoms with van der Waals surface area (Å²) in [6, 6.07) is 9.26. The van der Waals surface area contributed by atoms with E-state index in [9.17, 15) is 19.7 Å². The molecule has 2 aromatic rings. The molecule has 1 aromatic heterocycles. The predicted molar refractivity (Wildman–Crippen MR) is 98.3 cm³/mol. The molecule has 2 aliphatic rings. The number of benzene rings is 1. The molecule has 1 aromatic carbocycles. The topological polar surface area (TPSA) is 103 Å². The number of nitro groups is 1. The Hall–Kier alpha value is -3.29. The molecule has 1 amide bonds. The number of amides is 1. The number of carbonyl (C=O) groups is 2. The third-order valence-electron chi connectivity index (χ3n) is 5.43. The van der Waals surface area contributed by atoms with Gasteiger partial charge in [0.2, 0.25) is 0 Å². The van der Waals surface area contributed by atoms with Crippen molar-refractivity contribution in [3.05, 3.63) is 69.5 Å². The molecule has 0 saturated carbocycles. The van der Waals surface area contributed by atoms with E-state index in [1.807, 2.05) is 12.1 Å². The van der Waals surface area contributed by atoms with Crippen LogP contribution in [-0.2, 0) is 9.53 Å². The first-order chi connectivity index (χ1) is 13.5. The van der Waals surface area contributed by atoms with Crippen LogP contribution >= 0.6 is 0 Å². The maximum atomic E-state index is 13.1. The van der Waals surface area contributed by atoms with E-state index >= 15 is 0 Å². The average Bonchev–Trinajstić information content (AvgIpc) is 3.11. The number of carbonyl (C=O) groups excluding carboxylic acids is 2. The summed E-state index contributed by atoms with van der Waals surface area (Å²) in [5, 5.41) is 10.8. The minimum absolute atomic E-state index is 0.0488. The number of likely N-dealkylation sites (tertiary alicyclic amines) is 1. The molecule has 28 heavy (non-hydrogen) atoms. The second-order valence-corrected chi connectivity index (χ2v) is 7.11. The average molecular weight is 381 g/mol. The lowest BCUT2D eigenvalue weighted by molar-refractivity contribution is -0.384. The third kappa shape index (κ3) is 3.11. The number of non-ortho nitro benzene ring substituents is 1. The molecular weight excluding hydrogens is 362 g/mol.